The first-order valence-corrected chi connectivity index (χ1v) is 6.86. The standard InChI is InChI=1S/C15H16ClN3O2/c1-3-17-14-13(16)7-10(9-18-14)15(20)19-11-5-4-6-12(8-11)21-2/h4-9H,3H2,1-2H3,(H,17,18)(H,19,20). The molecule has 0 unspecified atom stereocenters. The van der Waals surface area contributed by atoms with Crippen LogP contribution >= 0.6 is 11.6 Å². The lowest BCUT2D eigenvalue weighted by atomic mass is 10.2. The molecule has 21 heavy (non-hydrogen) atoms. The fraction of sp³-hybridized carbons (Fsp3) is 0.200. The van der Waals surface area contributed by atoms with Gasteiger partial charge in [-0.3, -0.25) is 4.79 Å². The zero-order valence-corrected chi connectivity index (χ0v) is 12.6. The highest BCUT2D eigenvalue weighted by molar-refractivity contribution is 6.33. The summed E-state index contributed by atoms with van der Waals surface area (Å²) in [6.07, 6.45) is 1.49. The maximum absolute atomic E-state index is 12.2. The molecule has 2 aromatic rings. The van der Waals surface area contributed by atoms with Crippen LogP contribution < -0.4 is 15.4 Å². The largest absolute Gasteiger partial charge is 0.497 e. The molecule has 0 spiro atoms. The Labute approximate surface area is 128 Å². The summed E-state index contributed by atoms with van der Waals surface area (Å²) in [5.41, 5.74) is 1.04. The highest BCUT2D eigenvalue weighted by atomic mass is 35.5. The molecule has 0 radical (unpaired) electrons. The van der Waals surface area contributed by atoms with Crippen molar-refractivity contribution in [3.05, 3.63) is 47.1 Å². The number of carbonyl (C=O) groups is 1. The van der Waals surface area contributed by atoms with Crippen LogP contribution in [0, 0.1) is 0 Å². The van der Waals surface area contributed by atoms with Gasteiger partial charge in [0.05, 0.1) is 17.7 Å². The number of aromatic nitrogens is 1. The van der Waals surface area contributed by atoms with Crippen LogP contribution in [0.2, 0.25) is 5.02 Å². The van der Waals surface area contributed by atoms with E-state index in [0.717, 1.165) is 0 Å². The van der Waals surface area contributed by atoms with Gasteiger partial charge in [-0.15, -0.1) is 0 Å². The van der Waals surface area contributed by atoms with Crippen molar-refractivity contribution in [2.24, 2.45) is 0 Å². The van der Waals surface area contributed by atoms with Crippen LogP contribution in [-0.2, 0) is 0 Å². The first-order chi connectivity index (χ1) is 10.1. The number of carbonyl (C=O) groups excluding carboxylic acids is 1. The average molecular weight is 306 g/mol. The van der Waals surface area contributed by atoms with Gasteiger partial charge in [0.25, 0.3) is 5.91 Å². The molecule has 1 aromatic heterocycles. The molecule has 1 heterocycles. The number of methoxy groups -OCH3 is 1. The van der Waals surface area contributed by atoms with Crippen molar-refractivity contribution < 1.29 is 9.53 Å². The molecule has 0 aliphatic carbocycles. The van der Waals surface area contributed by atoms with Gasteiger partial charge in [-0.1, -0.05) is 17.7 Å². The molecule has 0 bridgehead atoms. The summed E-state index contributed by atoms with van der Waals surface area (Å²) < 4.78 is 5.11. The minimum Gasteiger partial charge on any atom is -0.497 e. The van der Waals surface area contributed by atoms with Crippen molar-refractivity contribution in [1.29, 1.82) is 0 Å². The number of halogens is 1. The Morgan fingerprint density at radius 1 is 1.38 bits per heavy atom. The number of hydrogen-bond donors (Lipinski definition) is 2. The predicted octanol–water partition coefficient (Wildman–Crippen LogP) is 3.43. The van der Waals surface area contributed by atoms with Crippen molar-refractivity contribution in [2.45, 2.75) is 6.92 Å². The van der Waals surface area contributed by atoms with E-state index in [0.29, 0.717) is 34.4 Å². The van der Waals surface area contributed by atoms with Crippen LogP contribution in [0.25, 0.3) is 0 Å². The van der Waals surface area contributed by atoms with Gasteiger partial charge in [-0.25, -0.2) is 4.98 Å². The van der Waals surface area contributed by atoms with E-state index in [4.69, 9.17) is 16.3 Å². The van der Waals surface area contributed by atoms with E-state index in [1.165, 1.54) is 6.20 Å². The zero-order valence-electron chi connectivity index (χ0n) is 11.8. The molecule has 0 saturated carbocycles. The van der Waals surface area contributed by atoms with E-state index in [1.807, 2.05) is 6.92 Å². The van der Waals surface area contributed by atoms with Crippen LogP contribution in [0.3, 0.4) is 0 Å². The Morgan fingerprint density at radius 2 is 2.19 bits per heavy atom. The van der Waals surface area contributed by atoms with Gasteiger partial charge in [-0.05, 0) is 25.1 Å². The SMILES string of the molecule is CCNc1ncc(C(=O)Nc2cccc(OC)c2)cc1Cl. The van der Waals surface area contributed by atoms with E-state index in [1.54, 1.807) is 37.4 Å². The van der Waals surface area contributed by atoms with Gasteiger partial charge in [0.2, 0.25) is 0 Å². The van der Waals surface area contributed by atoms with Crippen LogP contribution in [0.5, 0.6) is 5.75 Å². The molecular weight excluding hydrogens is 290 g/mol. The van der Waals surface area contributed by atoms with E-state index in [2.05, 4.69) is 15.6 Å². The van der Waals surface area contributed by atoms with Gasteiger partial charge in [0, 0.05) is 24.5 Å². The number of pyridine rings is 1. The maximum Gasteiger partial charge on any atom is 0.257 e. The van der Waals surface area contributed by atoms with Crippen LogP contribution in [0.1, 0.15) is 17.3 Å². The fourth-order valence-electron chi connectivity index (χ4n) is 1.76. The number of nitrogens with zero attached hydrogens (tertiary/aromatic N) is 1. The fourth-order valence-corrected chi connectivity index (χ4v) is 2.00. The third-order valence-electron chi connectivity index (χ3n) is 2.78. The molecule has 2 rings (SSSR count). The highest BCUT2D eigenvalue weighted by Crippen LogP contribution is 2.21. The Bertz CT molecular complexity index is 647. The molecule has 2 N–H and O–H groups in total. The normalized spacial score (nSPS) is 10.0. The van der Waals surface area contributed by atoms with Crippen molar-refractivity contribution in [3.63, 3.8) is 0 Å². The molecule has 110 valence electrons. The van der Waals surface area contributed by atoms with Gasteiger partial charge in [-0.2, -0.15) is 0 Å². The molecular formula is C15H16ClN3O2. The second-order valence-electron chi connectivity index (χ2n) is 4.27. The monoisotopic (exact) mass is 305 g/mol. The van der Waals surface area contributed by atoms with Crippen LogP contribution in [0.15, 0.2) is 36.5 Å². The Balaban J connectivity index is 2.14. The predicted molar refractivity (Wildman–Crippen MR) is 84.4 cm³/mol. The van der Waals surface area contributed by atoms with Crippen molar-refractivity contribution >= 4 is 29.0 Å². The molecule has 6 heteroatoms. The summed E-state index contributed by atoms with van der Waals surface area (Å²) in [5, 5.41) is 6.20. The number of rotatable bonds is 5. The lowest BCUT2D eigenvalue weighted by molar-refractivity contribution is 0.102. The number of nitrogens with one attached hydrogen (secondary N) is 2. The maximum atomic E-state index is 12.2. The number of benzene rings is 1. The van der Waals surface area contributed by atoms with Gasteiger partial charge < -0.3 is 15.4 Å². The van der Waals surface area contributed by atoms with E-state index < -0.39 is 0 Å². The Morgan fingerprint density at radius 3 is 2.86 bits per heavy atom. The lowest BCUT2D eigenvalue weighted by Gasteiger charge is -2.09. The number of anilines is 2. The minimum atomic E-state index is -0.277. The third-order valence-corrected chi connectivity index (χ3v) is 3.06. The third kappa shape index (κ3) is 3.86. The summed E-state index contributed by atoms with van der Waals surface area (Å²) in [5.74, 6) is 0.962. The lowest BCUT2D eigenvalue weighted by Crippen LogP contribution is -2.13. The molecule has 1 aromatic carbocycles. The molecule has 0 fully saturated rings. The Hall–Kier alpha value is -2.27. The summed E-state index contributed by atoms with van der Waals surface area (Å²) in [4.78, 5) is 16.3. The summed E-state index contributed by atoms with van der Waals surface area (Å²) in [6, 6.07) is 8.71. The van der Waals surface area contributed by atoms with E-state index in [-0.39, 0.29) is 5.91 Å². The average Bonchev–Trinajstić information content (AvgIpc) is 2.49. The quantitative estimate of drug-likeness (QED) is 0.888. The number of hydrogen-bond acceptors (Lipinski definition) is 4. The smallest absolute Gasteiger partial charge is 0.257 e. The zero-order chi connectivity index (χ0) is 15.2. The van der Waals surface area contributed by atoms with Gasteiger partial charge in [0.15, 0.2) is 0 Å². The summed E-state index contributed by atoms with van der Waals surface area (Å²) in [7, 11) is 1.57. The highest BCUT2D eigenvalue weighted by Gasteiger charge is 2.10. The second kappa shape index (κ2) is 6.95. The summed E-state index contributed by atoms with van der Waals surface area (Å²) >= 11 is 6.08. The van der Waals surface area contributed by atoms with Crippen LogP contribution in [-0.4, -0.2) is 24.5 Å². The van der Waals surface area contributed by atoms with E-state index >= 15 is 0 Å². The molecule has 0 saturated heterocycles. The first-order valence-electron chi connectivity index (χ1n) is 6.49. The molecule has 5 nitrogen and oxygen atoms in total. The van der Waals surface area contributed by atoms with Crippen molar-refractivity contribution in [3.8, 4) is 5.75 Å². The number of amides is 1. The minimum absolute atomic E-state index is 0.277. The van der Waals surface area contributed by atoms with Crippen LogP contribution in [0.4, 0.5) is 11.5 Å². The molecule has 0 aliphatic rings. The Kier molecular flexibility index (Phi) is 5.00. The number of ether oxygens (including phenoxy) is 1. The van der Waals surface area contributed by atoms with Gasteiger partial charge in [0.1, 0.15) is 11.6 Å². The first kappa shape index (κ1) is 15.1. The van der Waals surface area contributed by atoms with Crippen molar-refractivity contribution in [2.75, 3.05) is 24.3 Å². The molecule has 1 amide bonds. The molecule has 0 atom stereocenters. The van der Waals surface area contributed by atoms with Gasteiger partial charge >= 0.3 is 0 Å². The topological polar surface area (TPSA) is 63.2 Å². The molecule has 0 aliphatic heterocycles. The second-order valence-corrected chi connectivity index (χ2v) is 4.68. The van der Waals surface area contributed by atoms with E-state index in [9.17, 15) is 4.79 Å². The summed E-state index contributed by atoms with van der Waals surface area (Å²) in [6.45, 7) is 2.66. The van der Waals surface area contributed by atoms with Crippen molar-refractivity contribution in [1.82, 2.24) is 4.98 Å².